The third-order valence-electron chi connectivity index (χ3n) is 5.15. The summed E-state index contributed by atoms with van der Waals surface area (Å²) in [6, 6.07) is 11.5. The Hall–Kier alpha value is -3.94. The molecule has 4 aromatic rings. The summed E-state index contributed by atoms with van der Waals surface area (Å²) < 4.78 is 12.6. The van der Waals surface area contributed by atoms with Crippen LogP contribution >= 0.6 is 0 Å². The van der Waals surface area contributed by atoms with Gasteiger partial charge in [0.1, 0.15) is 16.8 Å². The number of hydrogen-bond acceptors (Lipinski definition) is 9. The maximum absolute atomic E-state index is 10.1. The van der Waals surface area contributed by atoms with E-state index in [4.69, 9.17) is 20.8 Å². The monoisotopic (exact) mass is 461 g/mol. The number of aryl methyl sites for hydroxylation is 1. The SMILES string of the molecule is CCn1c(-c2nonc2N)nc2c(C#CC(C)(C)O)nc(OCCC(N)c3ccccc3)cc21. The van der Waals surface area contributed by atoms with E-state index in [-0.39, 0.29) is 11.9 Å². The second-order valence-electron chi connectivity index (χ2n) is 8.32. The average Bonchev–Trinajstić information content (AvgIpc) is 3.40. The van der Waals surface area contributed by atoms with E-state index in [2.05, 4.69) is 32.1 Å². The largest absolute Gasteiger partial charge is 0.478 e. The molecule has 0 aliphatic carbocycles. The molecule has 0 saturated carbocycles. The van der Waals surface area contributed by atoms with Gasteiger partial charge in [0.05, 0.1) is 12.1 Å². The van der Waals surface area contributed by atoms with E-state index in [1.54, 1.807) is 19.9 Å². The van der Waals surface area contributed by atoms with Gasteiger partial charge in [-0.15, -0.1) is 0 Å². The summed E-state index contributed by atoms with van der Waals surface area (Å²) in [5, 5.41) is 17.6. The summed E-state index contributed by atoms with van der Waals surface area (Å²) in [6.07, 6.45) is 0.605. The Kier molecular flexibility index (Phi) is 6.49. The number of rotatable bonds is 7. The molecular formula is C24H27N7O3. The first kappa shape index (κ1) is 23.2. The fraction of sp³-hybridized carbons (Fsp3) is 0.333. The standard InChI is InChI=1S/C24H27N7O3/c1-4-31-18-14-19(33-13-11-16(25)15-8-6-5-7-9-15)27-17(10-12-24(2,3)32)20(18)28-23(31)21-22(26)30-34-29-21/h5-9,14,16,32H,4,11,13,25H2,1-3H3,(H2,26,30). The number of nitrogens with zero attached hydrogens (tertiary/aromatic N) is 5. The number of aliphatic hydroxyl groups is 1. The third kappa shape index (κ3) is 5.01. The van der Waals surface area contributed by atoms with Crippen molar-refractivity contribution < 1.29 is 14.5 Å². The topological polar surface area (TPSA) is 151 Å². The molecular weight excluding hydrogens is 434 g/mol. The lowest BCUT2D eigenvalue weighted by atomic mass is 10.1. The fourth-order valence-corrected chi connectivity index (χ4v) is 3.48. The van der Waals surface area contributed by atoms with Crippen LogP contribution in [-0.2, 0) is 6.54 Å². The minimum atomic E-state index is -1.20. The lowest BCUT2D eigenvalue weighted by molar-refractivity contribution is 0.143. The number of fused-ring (bicyclic) bond motifs is 1. The zero-order chi connectivity index (χ0) is 24.3. The van der Waals surface area contributed by atoms with E-state index >= 15 is 0 Å². The van der Waals surface area contributed by atoms with E-state index in [1.165, 1.54) is 0 Å². The smallest absolute Gasteiger partial charge is 0.216 e. The van der Waals surface area contributed by atoms with Crippen molar-refractivity contribution in [3.8, 4) is 29.2 Å². The first-order chi connectivity index (χ1) is 16.3. The van der Waals surface area contributed by atoms with E-state index in [9.17, 15) is 5.11 Å². The van der Waals surface area contributed by atoms with Crippen molar-refractivity contribution in [1.29, 1.82) is 0 Å². The predicted octanol–water partition coefficient (Wildman–Crippen LogP) is 2.67. The van der Waals surface area contributed by atoms with Crippen LogP contribution in [0, 0.1) is 11.8 Å². The van der Waals surface area contributed by atoms with E-state index in [0.717, 1.165) is 11.1 Å². The minimum absolute atomic E-state index is 0.133. The Morgan fingerprint density at radius 1 is 1.21 bits per heavy atom. The summed E-state index contributed by atoms with van der Waals surface area (Å²) >= 11 is 0. The molecule has 3 aromatic heterocycles. The Labute approximate surface area is 196 Å². The Morgan fingerprint density at radius 2 is 1.97 bits per heavy atom. The van der Waals surface area contributed by atoms with Gasteiger partial charge in [-0.25, -0.2) is 14.6 Å². The maximum Gasteiger partial charge on any atom is 0.216 e. The van der Waals surface area contributed by atoms with Crippen LogP contribution in [0.2, 0.25) is 0 Å². The normalized spacial score (nSPS) is 12.4. The molecule has 0 amide bonds. The van der Waals surface area contributed by atoms with Crippen molar-refractivity contribution >= 4 is 16.9 Å². The molecule has 0 fully saturated rings. The van der Waals surface area contributed by atoms with Crippen LogP contribution in [0.1, 0.15) is 44.5 Å². The van der Waals surface area contributed by atoms with Gasteiger partial charge in [-0.2, -0.15) is 0 Å². The van der Waals surface area contributed by atoms with Crippen LogP contribution in [0.4, 0.5) is 5.82 Å². The summed E-state index contributed by atoms with van der Waals surface area (Å²) in [7, 11) is 0. The van der Waals surface area contributed by atoms with Gasteiger partial charge in [-0.3, -0.25) is 0 Å². The van der Waals surface area contributed by atoms with E-state index in [0.29, 0.717) is 48.2 Å². The summed E-state index contributed by atoms with van der Waals surface area (Å²) in [6.45, 7) is 6.09. The minimum Gasteiger partial charge on any atom is -0.478 e. The maximum atomic E-state index is 10.1. The highest BCUT2D eigenvalue weighted by Gasteiger charge is 2.21. The predicted molar refractivity (Wildman–Crippen MR) is 128 cm³/mol. The second kappa shape index (κ2) is 9.51. The number of aromatic nitrogens is 5. The highest BCUT2D eigenvalue weighted by molar-refractivity contribution is 5.86. The fourth-order valence-electron chi connectivity index (χ4n) is 3.48. The highest BCUT2D eigenvalue weighted by Crippen LogP contribution is 2.30. The van der Waals surface area contributed by atoms with Crippen LogP contribution < -0.4 is 16.2 Å². The van der Waals surface area contributed by atoms with Crippen molar-refractivity contribution in [3.05, 3.63) is 47.7 Å². The Bertz CT molecular complexity index is 1340. The summed E-state index contributed by atoms with van der Waals surface area (Å²) in [5.41, 5.74) is 14.0. The van der Waals surface area contributed by atoms with Crippen LogP contribution in [0.3, 0.4) is 0 Å². The molecule has 4 rings (SSSR count). The average molecular weight is 462 g/mol. The number of imidazole rings is 1. The number of pyridine rings is 1. The highest BCUT2D eigenvalue weighted by atomic mass is 16.6. The van der Waals surface area contributed by atoms with Crippen molar-refractivity contribution in [3.63, 3.8) is 0 Å². The van der Waals surface area contributed by atoms with E-state index in [1.807, 2.05) is 41.8 Å². The molecule has 1 unspecified atom stereocenters. The first-order valence-corrected chi connectivity index (χ1v) is 11.0. The molecule has 34 heavy (non-hydrogen) atoms. The molecule has 10 heteroatoms. The van der Waals surface area contributed by atoms with Gasteiger partial charge in [-0.1, -0.05) is 36.3 Å². The number of hydrogen-bond donors (Lipinski definition) is 3. The molecule has 0 spiro atoms. The van der Waals surface area contributed by atoms with Crippen LogP contribution in [-0.4, -0.2) is 42.2 Å². The lowest BCUT2D eigenvalue weighted by Gasteiger charge is -2.13. The van der Waals surface area contributed by atoms with Gasteiger partial charge in [0.15, 0.2) is 17.3 Å². The number of anilines is 1. The van der Waals surface area contributed by atoms with Gasteiger partial charge in [0.25, 0.3) is 0 Å². The molecule has 176 valence electrons. The van der Waals surface area contributed by atoms with E-state index < -0.39 is 5.60 Å². The van der Waals surface area contributed by atoms with Crippen molar-refractivity contribution in [2.24, 2.45) is 5.73 Å². The van der Waals surface area contributed by atoms with Gasteiger partial charge in [0, 0.05) is 25.1 Å². The van der Waals surface area contributed by atoms with Gasteiger partial charge in [-0.05, 0) is 42.6 Å². The quantitative estimate of drug-likeness (QED) is 0.353. The number of ether oxygens (including phenoxy) is 1. The zero-order valence-corrected chi connectivity index (χ0v) is 19.3. The molecule has 0 radical (unpaired) electrons. The van der Waals surface area contributed by atoms with Gasteiger partial charge >= 0.3 is 0 Å². The number of benzene rings is 1. The van der Waals surface area contributed by atoms with Crippen molar-refractivity contribution in [2.45, 2.75) is 45.4 Å². The second-order valence-corrected chi connectivity index (χ2v) is 8.32. The number of nitrogen functional groups attached to an aromatic ring is 1. The molecule has 0 aliphatic rings. The molecule has 0 saturated heterocycles. The first-order valence-electron chi connectivity index (χ1n) is 11.0. The van der Waals surface area contributed by atoms with Crippen LogP contribution in [0.5, 0.6) is 5.88 Å². The Balaban J connectivity index is 1.71. The molecule has 1 atom stereocenters. The van der Waals surface area contributed by atoms with Gasteiger partial charge in [0.2, 0.25) is 5.88 Å². The Morgan fingerprint density at radius 3 is 2.62 bits per heavy atom. The molecule has 1 aromatic carbocycles. The van der Waals surface area contributed by atoms with Crippen molar-refractivity contribution in [1.82, 2.24) is 24.8 Å². The third-order valence-corrected chi connectivity index (χ3v) is 5.15. The van der Waals surface area contributed by atoms with Gasteiger partial charge < -0.3 is 25.9 Å². The molecule has 5 N–H and O–H groups in total. The molecule has 0 aliphatic heterocycles. The van der Waals surface area contributed by atoms with Crippen LogP contribution in [0.15, 0.2) is 41.0 Å². The molecule has 3 heterocycles. The summed E-state index contributed by atoms with van der Waals surface area (Å²) in [5.74, 6) is 6.72. The molecule has 10 nitrogen and oxygen atoms in total. The van der Waals surface area contributed by atoms with Crippen LogP contribution in [0.25, 0.3) is 22.6 Å². The number of nitrogens with two attached hydrogens (primary N) is 2. The molecule has 0 bridgehead atoms. The lowest BCUT2D eigenvalue weighted by Crippen LogP contribution is -2.15. The summed E-state index contributed by atoms with van der Waals surface area (Å²) in [4.78, 5) is 9.23. The van der Waals surface area contributed by atoms with Crippen molar-refractivity contribution in [2.75, 3.05) is 12.3 Å². The zero-order valence-electron chi connectivity index (χ0n) is 19.3.